The van der Waals surface area contributed by atoms with E-state index in [-0.39, 0.29) is 0 Å². The number of anilines is 1. The molecule has 1 saturated heterocycles. The first kappa shape index (κ1) is 13.7. The molecule has 1 heterocycles. The zero-order valence-electron chi connectivity index (χ0n) is 11.2. The molecule has 1 aromatic rings. The van der Waals surface area contributed by atoms with Gasteiger partial charge in [0.1, 0.15) is 0 Å². The molecule has 0 amide bonds. The number of piperazine rings is 1. The van der Waals surface area contributed by atoms with Gasteiger partial charge in [0.15, 0.2) is 0 Å². The van der Waals surface area contributed by atoms with Crippen LogP contribution in [0, 0.1) is 0 Å². The fraction of sp³-hybridized carbons (Fsp3) is 0.571. The molecule has 1 N–H and O–H groups in total. The first-order valence-electron chi connectivity index (χ1n) is 6.65. The molecule has 0 unspecified atom stereocenters. The second-order valence-electron chi connectivity index (χ2n) is 4.69. The van der Waals surface area contributed by atoms with E-state index in [1.807, 2.05) is 19.2 Å². The second-order valence-corrected chi connectivity index (χ2v) is 5.10. The number of hydrogen-bond donors (Lipinski definition) is 1. The van der Waals surface area contributed by atoms with Crippen molar-refractivity contribution in [1.82, 2.24) is 10.2 Å². The van der Waals surface area contributed by atoms with Gasteiger partial charge in [0.25, 0.3) is 0 Å². The maximum absolute atomic E-state index is 6.31. The van der Waals surface area contributed by atoms with Gasteiger partial charge in [0.05, 0.1) is 0 Å². The summed E-state index contributed by atoms with van der Waals surface area (Å²) >= 11 is 6.31. The van der Waals surface area contributed by atoms with Crippen LogP contribution in [0.25, 0.3) is 0 Å². The summed E-state index contributed by atoms with van der Waals surface area (Å²) in [6.07, 6.45) is 0. The van der Waals surface area contributed by atoms with E-state index in [2.05, 4.69) is 28.1 Å². The Bertz CT molecular complexity index is 387. The molecule has 18 heavy (non-hydrogen) atoms. The molecule has 0 saturated carbocycles. The normalized spacial score (nSPS) is 17.2. The van der Waals surface area contributed by atoms with Crippen LogP contribution in [-0.4, -0.2) is 44.7 Å². The number of hydrogen-bond acceptors (Lipinski definition) is 3. The monoisotopic (exact) mass is 267 g/mol. The molecule has 100 valence electrons. The quantitative estimate of drug-likeness (QED) is 0.902. The minimum Gasteiger partial charge on any atom is -0.369 e. The van der Waals surface area contributed by atoms with Crippen LogP contribution in [0.3, 0.4) is 0 Å². The predicted octanol–water partition coefficient (Wildman–Crippen LogP) is 2.20. The minimum atomic E-state index is 0.822. The average molecular weight is 268 g/mol. The molecule has 1 aliphatic heterocycles. The van der Waals surface area contributed by atoms with E-state index in [1.165, 1.54) is 11.3 Å². The van der Waals surface area contributed by atoms with Crippen molar-refractivity contribution in [3.8, 4) is 0 Å². The Labute approximate surface area is 115 Å². The summed E-state index contributed by atoms with van der Waals surface area (Å²) < 4.78 is 0. The molecule has 2 rings (SSSR count). The van der Waals surface area contributed by atoms with Crippen LogP contribution in [0.4, 0.5) is 5.69 Å². The van der Waals surface area contributed by atoms with Crippen LogP contribution < -0.4 is 10.2 Å². The van der Waals surface area contributed by atoms with E-state index in [0.29, 0.717) is 0 Å². The molecule has 1 aliphatic rings. The lowest BCUT2D eigenvalue weighted by atomic mass is 10.1. The number of likely N-dealkylation sites (N-methyl/N-ethyl adjacent to an activating group) is 1. The molecule has 0 radical (unpaired) electrons. The highest BCUT2D eigenvalue weighted by atomic mass is 35.5. The SMILES string of the molecule is CCN1CCN(c2cccc(Cl)c2CNC)CC1. The largest absolute Gasteiger partial charge is 0.369 e. The molecular formula is C14H22ClN3. The fourth-order valence-corrected chi connectivity index (χ4v) is 2.74. The lowest BCUT2D eigenvalue weighted by molar-refractivity contribution is 0.271. The van der Waals surface area contributed by atoms with Crippen LogP contribution in [-0.2, 0) is 6.54 Å². The summed E-state index contributed by atoms with van der Waals surface area (Å²) in [4.78, 5) is 4.93. The van der Waals surface area contributed by atoms with Crippen molar-refractivity contribution >= 4 is 17.3 Å². The number of halogens is 1. The third-order valence-electron chi connectivity index (χ3n) is 3.61. The average Bonchev–Trinajstić information content (AvgIpc) is 2.41. The van der Waals surface area contributed by atoms with Crippen molar-refractivity contribution in [3.63, 3.8) is 0 Å². The van der Waals surface area contributed by atoms with E-state index < -0.39 is 0 Å². The summed E-state index contributed by atoms with van der Waals surface area (Å²) in [5.41, 5.74) is 2.50. The van der Waals surface area contributed by atoms with Gasteiger partial charge in [-0.1, -0.05) is 24.6 Å². The fourth-order valence-electron chi connectivity index (χ4n) is 2.50. The van der Waals surface area contributed by atoms with Crippen molar-refractivity contribution in [3.05, 3.63) is 28.8 Å². The zero-order chi connectivity index (χ0) is 13.0. The molecule has 0 atom stereocenters. The summed E-state index contributed by atoms with van der Waals surface area (Å²) in [6, 6.07) is 6.20. The van der Waals surface area contributed by atoms with Gasteiger partial charge in [-0.25, -0.2) is 0 Å². The minimum absolute atomic E-state index is 0.822. The van der Waals surface area contributed by atoms with Crippen molar-refractivity contribution in [2.75, 3.05) is 44.7 Å². The van der Waals surface area contributed by atoms with Gasteiger partial charge in [-0.2, -0.15) is 0 Å². The first-order valence-corrected chi connectivity index (χ1v) is 7.03. The molecule has 0 bridgehead atoms. The molecule has 4 heteroatoms. The highest BCUT2D eigenvalue weighted by molar-refractivity contribution is 6.31. The standard InChI is InChI=1S/C14H22ClN3/c1-3-17-7-9-18(10-8-17)14-6-4-5-13(15)12(14)11-16-2/h4-6,16H,3,7-11H2,1-2H3. The lowest BCUT2D eigenvalue weighted by Crippen LogP contribution is -2.46. The Kier molecular flexibility index (Phi) is 4.87. The number of benzene rings is 1. The third kappa shape index (κ3) is 2.97. The van der Waals surface area contributed by atoms with E-state index in [9.17, 15) is 0 Å². The Morgan fingerprint density at radius 3 is 2.56 bits per heavy atom. The van der Waals surface area contributed by atoms with Crippen molar-refractivity contribution in [1.29, 1.82) is 0 Å². The maximum atomic E-state index is 6.31. The summed E-state index contributed by atoms with van der Waals surface area (Å²) in [5.74, 6) is 0. The summed E-state index contributed by atoms with van der Waals surface area (Å²) in [6.45, 7) is 8.65. The third-order valence-corrected chi connectivity index (χ3v) is 3.96. The molecule has 3 nitrogen and oxygen atoms in total. The highest BCUT2D eigenvalue weighted by Crippen LogP contribution is 2.28. The van der Waals surface area contributed by atoms with E-state index in [0.717, 1.165) is 44.3 Å². The molecule has 0 spiro atoms. The summed E-state index contributed by atoms with van der Waals surface area (Å²) in [7, 11) is 1.96. The second kappa shape index (κ2) is 6.41. The van der Waals surface area contributed by atoms with Gasteiger partial charge >= 0.3 is 0 Å². The Morgan fingerprint density at radius 1 is 1.22 bits per heavy atom. The van der Waals surface area contributed by atoms with E-state index >= 15 is 0 Å². The van der Waals surface area contributed by atoms with Crippen molar-refractivity contribution in [2.24, 2.45) is 0 Å². The molecular weight excluding hydrogens is 246 g/mol. The zero-order valence-corrected chi connectivity index (χ0v) is 12.0. The maximum Gasteiger partial charge on any atom is 0.0471 e. The van der Waals surface area contributed by atoms with Gasteiger partial charge in [0.2, 0.25) is 0 Å². The Balaban J connectivity index is 2.15. The van der Waals surface area contributed by atoms with Crippen LogP contribution in [0.1, 0.15) is 12.5 Å². The predicted molar refractivity (Wildman–Crippen MR) is 78.5 cm³/mol. The Hall–Kier alpha value is -0.770. The Morgan fingerprint density at radius 2 is 1.94 bits per heavy atom. The van der Waals surface area contributed by atoms with E-state index in [1.54, 1.807) is 0 Å². The van der Waals surface area contributed by atoms with Crippen LogP contribution in [0.15, 0.2) is 18.2 Å². The van der Waals surface area contributed by atoms with Crippen molar-refractivity contribution < 1.29 is 0 Å². The number of nitrogens with zero attached hydrogens (tertiary/aromatic N) is 2. The van der Waals surface area contributed by atoms with E-state index in [4.69, 9.17) is 11.6 Å². The van der Waals surface area contributed by atoms with Gasteiger partial charge in [-0.3, -0.25) is 0 Å². The van der Waals surface area contributed by atoms with Gasteiger partial charge < -0.3 is 15.1 Å². The number of nitrogens with one attached hydrogen (secondary N) is 1. The summed E-state index contributed by atoms with van der Waals surface area (Å²) in [5, 5.41) is 4.06. The van der Waals surface area contributed by atoms with Gasteiger partial charge in [0, 0.05) is 49.0 Å². The van der Waals surface area contributed by atoms with Crippen LogP contribution in [0.2, 0.25) is 5.02 Å². The first-order chi connectivity index (χ1) is 8.76. The molecule has 0 aromatic heterocycles. The van der Waals surface area contributed by atoms with Crippen molar-refractivity contribution in [2.45, 2.75) is 13.5 Å². The van der Waals surface area contributed by atoms with Gasteiger partial charge in [-0.05, 0) is 25.7 Å². The highest BCUT2D eigenvalue weighted by Gasteiger charge is 2.18. The molecule has 1 aromatic carbocycles. The molecule has 0 aliphatic carbocycles. The van der Waals surface area contributed by atoms with Crippen LogP contribution in [0.5, 0.6) is 0 Å². The smallest absolute Gasteiger partial charge is 0.0471 e. The topological polar surface area (TPSA) is 18.5 Å². The van der Waals surface area contributed by atoms with Gasteiger partial charge in [-0.15, -0.1) is 0 Å². The lowest BCUT2D eigenvalue weighted by Gasteiger charge is -2.36. The molecule has 1 fully saturated rings. The number of rotatable bonds is 4. The van der Waals surface area contributed by atoms with Crippen LogP contribution >= 0.6 is 11.6 Å².